The van der Waals surface area contributed by atoms with E-state index in [2.05, 4.69) is 29.8 Å². The second kappa shape index (κ2) is 5.68. The van der Waals surface area contributed by atoms with Gasteiger partial charge in [-0.05, 0) is 56.5 Å². The fraction of sp³-hybridized carbons (Fsp3) is 0.333. The monoisotopic (exact) mass is 413 g/mol. The Kier molecular flexibility index (Phi) is 3.77. The van der Waals surface area contributed by atoms with Crippen LogP contribution in [0, 0.1) is 20.8 Å². The molecule has 5 heteroatoms. The van der Waals surface area contributed by atoms with Gasteiger partial charge in [0.25, 0.3) is 11.8 Å². The van der Waals surface area contributed by atoms with E-state index in [1.54, 1.807) is 24.3 Å². The Hall–Kier alpha value is -2.14. The van der Waals surface area contributed by atoms with Gasteiger partial charge < -0.3 is 4.74 Å². The van der Waals surface area contributed by atoms with Crippen molar-refractivity contribution in [2.24, 2.45) is 0 Å². The van der Waals surface area contributed by atoms with Gasteiger partial charge in [0.15, 0.2) is 0 Å². The van der Waals surface area contributed by atoms with Gasteiger partial charge in [-0.3, -0.25) is 14.5 Å². The van der Waals surface area contributed by atoms with E-state index in [0.717, 1.165) is 32.5 Å². The van der Waals surface area contributed by atoms with Crippen molar-refractivity contribution in [3.05, 3.63) is 62.1 Å². The number of rotatable bonds is 2. The predicted molar refractivity (Wildman–Crippen MR) is 103 cm³/mol. The SMILES string of the molecule is Cc1c(C)c2c(c(C)c1Br)CC(C)(CN1C(=O)c3ccccc3C1=O)O2. The van der Waals surface area contributed by atoms with E-state index in [1.807, 2.05) is 13.8 Å². The van der Waals surface area contributed by atoms with E-state index in [-0.39, 0.29) is 18.4 Å². The van der Waals surface area contributed by atoms with Crippen molar-refractivity contribution in [1.29, 1.82) is 0 Å². The third kappa shape index (κ3) is 2.33. The first-order valence-electron chi connectivity index (χ1n) is 8.66. The summed E-state index contributed by atoms with van der Waals surface area (Å²) in [6, 6.07) is 6.97. The molecule has 1 atom stereocenters. The Morgan fingerprint density at radius 1 is 1.04 bits per heavy atom. The summed E-state index contributed by atoms with van der Waals surface area (Å²) in [4.78, 5) is 26.7. The smallest absolute Gasteiger partial charge is 0.261 e. The maximum Gasteiger partial charge on any atom is 0.261 e. The molecule has 0 aromatic heterocycles. The third-order valence-electron chi connectivity index (χ3n) is 5.56. The maximum atomic E-state index is 12.7. The molecule has 2 aliphatic heterocycles. The predicted octanol–water partition coefficient (Wildman–Crippen LogP) is 4.36. The number of fused-ring (bicyclic) bond motifs is 2. The van der Waals surface area contributed by atoms with E-state index >= 15 is 0 Å². The van der Waals surface area contributed by atoms with Crippen molar-refractivity contribution in [2.75, 3.05) is 6.54 Å². The van der Waals surface area contributed by atoms with Crippen LogP contribution in [0.15, 0.2) is 28.7 Å². The molecular formula is C21H20BrNO3. The highest BCUT2D eigenvalue weighted by molar-refractivity contribution is 9.10. The molecule has 1 unspecified atom stereocenters. The largest absolute Gasteiger partial charge is 0.485 e. The number of carbonyl (C=O) groups is 2. The lowest BCUT2D eigenvalue weighted by molar-refractivity contribution is 0.0417. The van der Waals surface area contributed by atoms with Crippen molar-refractivity contribution in [3.8, 4) is 5.75 Å². The highest BCUT2D eigenvalue weighted by Crippen LogP contribution is 2.44. The molecule has 0 N–H and O–H groups in total. The van der Waals surface area contributed by atoms with Crippen molar-refractivity contribution < 1.29 is 14.3 Å². The van der Waals surface area contributed by atoms with E-state index in [4.69, 9.17) is 4.74 Å². The minimum absolute atomic E-state index is 0.239. The first-order chi connectivity index (χ1) is 12.2. The van der Waals surface area contributed by atoms with Gasteiger partial charge in [0, 0.05) is 16.5 Å². The van der Waals surface area contributed by atoms with Crippen molar-refractivity contribution in [3.63, 3.8) is 0 Å². The molecule has 2 amide bonds. The first-order valence-corrected chi connectivity index (χ1v) is 9.45. The Morgan fingerprint density at radius 3 is 2.19 bits per heavy atom. The lowest BCUT2D eigenvalue weighted by atomic mass is 9.93. The lowest BCUT2D eigenvalue weighted by Gasteiger charge is -2.28. The van der Waals surface area contributed by atoms with Crippen molar-refractivity contribution >= 4 is 27.7 Å². The summed E-state index contributed by atoms with van der Waals surface area (Å²) in [5.74, 6) is 0.414. The van der Waals surface area contributed by atoms with Crippen LogP contribution < -0.4 is 4.74 Å². The van der Waals surface area contributed by atoms with Crippen LogP contribution in [0.2, 0.25) is 0 Å². The number of amides is 2. The van der Waals surface area contributed by atoms with Crippen LogP contribution >= 0.6 is 15.9 Å². The summed E-state index contributed by atoms with van der Waals surface area (Å²) < 4.78 is 7.43. The molecule has 4 rings (SSSR count). The van der Waals surface area contributed by atoms with Crippen LogP contribution in [-0.4, -0.2) is 28.9 Å². The van der Waals surface area contributed by atoms with E-state index in [9.17, 15) is 9.59 Å². The number of carbonyl (C=O) groups excluding carboxylic acids is 2. The molecule has 0 saturated carbocycles. The van der Waals surface area contributed by atoms with Gasteiger partial charge in [-0.25, -0.2) is 0 Å². The summed E-state index contributed by atoms with van der Waals surface area (Å²) in [5.41, 5.74) is 4.89. The zero-order valence-corrected chi connectivity index (χ0v) is 16.9. The zero-order valence-electron chi connectivity index (χ0n) is 15.3. The third-order valence-corrected chi connectivity index (χ3v) is 6.75. The van der Waals surface area contributed by atoms with Crippen LogP contribution in [0.1, 0.15) is 49.9 Å². The van der Waals surface area contributed by atoms with Crippen molar-refractivity contribution in [1.82, 2.24) is 4.90 Å². The van der Waals surface area contributed by atoms with Gasteiger partial charge in [0.2, 0.25) is 0 Å². The summed E-state index contributed by atoms with van der Waals surface area (Å²) >= 11 is 3.67. The number of imide groups is 1. The molecular weight excluding hydrogens is 394 g/mol. The van der Waals surface area contributed by atoms with Gasteiger partial charge in [-0.2, -0.15) is 0 Å². The van der Waals surface area contributed by atoms with Crippen LogP contribution in [0.5, 0.6) is 5.75 Å². The normalized spacial score (nSPS) is 21.0. The zero-order chi connectivity index (χ0) is 18.8. The molecule has 2 aromatic carbocycles. The standard InChI is InChI=1S/C21H20BrNO3/c1-11-12(2)18-16(13(3)17(11)22)9-21(4,26-18)10-23-19(24)14-7-5-6-8-15(14)20(23)25/h5-8H,9-10H2,1-4H3. The lowest BCUT2D eigenvalue weighted by Crippen LogP contribution is -2.46. The van der Waals surface area contributed by atoms with Crippen LogP contribution in [0.25, 0.3) is 0 Å². The molecule has 0 bridgehead atoms. The molecule has 0 radical (unpaired) electrons. The summed E-state index contributed by atoms with van der Waals surface area (Å²) in [7, 11) is 0. The minimum atomic E-state index is -0.627. The fourth-order valence-corrected chi connectivity index (χ4v) is 4.49. The Bertz CT molecular complexity index is 908. The van der Waals surface area contributed by atoms with Gasteiger partial charge in [-0.1, -0.05) is 28.1 Å². The van der Waals surface area contributed by atoms with Gasteiger partial charge in [-0.15, -0.1) is 0 Å². The Labute approximate surface area is 161 Å². The first kappa shape index (κ1) is 17.3. The summed E-state index contributed by atoms with van der Waals surface area (Å²) in [6.07, 6.45) is 0.668. The molecule has 2 heterocycles. The summed E-state index contributed by atoms with van der Waals surface area (Å²) in [6.45, 7) is 8.40. The van der Waals surface area contributed by atoms with Crippen molar-refractivity contribution in [2.45, 2.75) is 39.7 Å². The number of hydrogen-bond acceptors (Lipinski definition) is 3. The molecule has 26 heavy (non-hydrogen) atoms. The highest BCUT2D eigenvalue weighted by Gasteiger charge is 2.44. The molecule has 0 saturated heterocycles. The molecule has 0 fully saturated rings. The number of ether oxygens (including phenoxy) is 1. The second-order valence-electron chi connectivity index (χ2n) is 7.47. The fourth-order valence-electron chi connectivity index (χ4n) is 3.96. The highest BCUT2D eigenvalue weighted by atomic mass is 79.9. The summed E-state index contributed by atoms with van der Waals surface area (Å²) in [5, 5.41) is 0. The Morgan fingerprint density at radius 2 is 1.62 bits per heavy atom. The van der Waals surface area contributed by atoms with Gasteiger partial charge in [0.1, 0.15) is 11.4 Å². The van der Waals surface area contributed by atoms with Gasteiger partial charge >= 0.3 is 0 Å². The van der Waals surface area contributed by atoms with E-state index in [1.165, 1.54) is 4.90 Å². The maximum absolute atomic E-state index is 12.7. The average molecular weight is 414 g/mol. The number of hydrogen-bond donors (Lipinski definition) is 0. The number of benzene rings is 2. The average Bonchev–Trinajstić information content (AvgIpc) is 3.10. The number of halogens is 1. The quantitative estimate of drug-likeness (QED) is 0.686. The van der Waals surface area contributed by atoms with E-state index in [0.29, 0.717) is 17.5 Å². The molecule has 134 valence electrons. The number of nitrogens with zero attached hydrogens (tertiary/aromatic N) is 1. The molecule has 0 aliphatic carbocycles. The van der Waals surface area contributed by atoms with Crippen LogP contribution in [-0.2, 0) is 6.42 Å². The molecule has 0 spiro atoms. The van der Waals surface area contributed by atoms with Crippen LogP contribution in [0.4, 0.5) is 0 Å². The molecule has 2 aliphatic rings. The topological polar surface area (TPSA) is 46.6 Å². The molecule has 2 aromatic rings. The van der Waals surface area contributed by atoms with Crippen LogP contribution in [0.3, 0.4) is 0 Å². The Balaban J connectivity index is 1.67. The second-order valence-corrected chi connectivity index (χ2v) is 8.26. The minimum Gasteiger partial charge on any atom is -0.485 e. The van der Waals surface area contributed by atoms with E-state index < -0.39 is 5.60 Å². The van der Waals surface area contributed by atoms with Gasteiger partial charge in [0.05, 0.1) is 17.7 Å². The molecule has 4 nitrogen and oxygen atoms in total.